The van der Waals surface area contributed by atoms with Crippen molar-refractivity contribution in [1.29, 1.82) is 0 Å². The maximum Gasteiger partial charge on any atom is 0.204 e. The Labute approximate surface area is 135 Å². The highest BCUT2D eigenvalue weighted by Gasteiger charge is 2.13. The van der Waals surface area contributed by atoms with Crippen LogP contribution in [-0.2, 0) is 0 Å². The van der Waals surface area contributed by atoms with Gasteiger partial charge in [-0.15, -0.1) is 11.3 Å². The first kappa shape index (κ1) is 15.9. The molecule has 20 heavy (non-hydrogen) atoms. The summed E-state index contributed by atoms with van der Waals surface area (Å²) in [7, 11) is 0. The van der Waals surface area contributed by atoms with Crippen molar-refractivity contribution in [2.24, 2.45) is 0 Å². The quantitative estimate of drug-likeness (QED) is 0.662. The second-order valence-corrected chi connectivity index (χ2v) is 7.34. The van der Waals surface area contributed by atoms with E-state index < -0.39 is 0 Å². The summed E-state index contributed by atoms with van der Waals surface area (Å²) in [6.07, 6.45) is 1.19. The fourth-order valence-electron chi connectivity index (χ4n) is 1.90. The van der Waals surface area contributed by atoms with Crippen molar-refractivity contribution in [1.82, 2.24) is 0 Å². The lowest BCUT2D eigenvalue weighted by Crippen LogP contribution is -2.26. The molecular formula is C14H18BrNO2S2. The van der Waals surface area contributed by atoms with Crippen LogP contribution in [-0.4, -0.2) is 24.6 Å². The summed E-state index contributed by atoms with van der Waals surface area (Å²) in [5.74, 6) is 2.89. The number of nitrogens with zero attached hydrogens (tertiary/aromatic N) is 1. The van der Waals surface area contributed by atoms with Crippen molar-refractivity contribution in [3.05, 3.63) is 26.1 Å². The summed E-state index contributed by atoms with van der Waals surface area (Å²) < 4.78 is 7.44. The van der Waals surface area contributed by atoms with Crippen LogP contribution in [0.2, 0.25) is 0 Å². The van der Waals surface area contributed by atoms with Gasteiger partial charge in [-0.05, 0) is 35.0 Å². The zero-order valence-corrected chi connectivity index (χ0v) is 14.9. The van der Waals surface area contributed by atoms with Gasteiger partial charge in [0.2, 0.25) is 5.43 Å². The van der Waals surface area contributed by atoms with Crippen molar-refractivity contribution in [2.75, 3.05) is 29.5 Å². The van der Waals surface area contributed by atoms with Crippen molar-refractivity contribution in [2.45, 2.75) is 20.3 Å². The number of thioether (sulfide) groups is 1. The van der Waals surface area contributed by atoms with Gasteiger partial charge in [-0.3, -0.25) is 4.79 Å². The minimum Gasteiger partial charge on any atom is -0.438 e. The molecule has 0 fully saturated rings. The molecule has 2 rings (SSSR count). The highest BCUT2D eigenvalue weighted by Crippen LogP contribution is 2.30. The van der Waals surface area contributed by atoms with Crippen molar-refractivity contribution in [3.63, 3.8) is 0 Å². The van der Waals surface area contributed by atoms with E-state index >= 15 is 0 Å². The third-order valence-corrected chi connectivity index (χ3v) is 5.97. The minimum absolute atomic E-state index is 0.0385. The molecule has 0 atom stereocenters. The Balaban J connectivity index is 2.21. The van der Waals surface area contributed by atoms with Crippen LogP contribution < -0.4 is 10.3 Å². The molecular weight excluding hydrogens is 358 g/mol. The van der Waals surface area contributed by atoms with Crippen LogP contribution in [0.15, 0.2) is 25.1 Å². The first-order chi connectivity index (χ1) is 9.67. The molecule has 0 aromatic carbocycles. The zero-order chi connectivity index (χ0) is 14.5. The van der Waals surface area contributed by atoms with E-state index in [9.17, 15) is 4.79 Å². The van der Waals surface area contributed by atoms with E-state index in [0.29, 0.717) is 16.2 Å². The van der Waals surface area contributed by atoms with Crippen LogP contribution in [0.3, 0.4) is 0 Å². The number of rotatable bonds is 7. The lowest BCUT2D eigenvalue weighted by Gasteiger charge is -2.20. The van der Waals surface area contributed by atoms with Gasteiger partial charge < -0.3 is 9.32 Å². The smallest absolute Gasteiger partial charge is 0.204 e. The minimum atomic E-state index is 0.0385. The Morgan fingerprint density at radius 1 is 1.40 bits per heavy atom. The van der Waals surface area contributed by atoms with Crippen LogP contribution in [0.5, 0.6) is 0 Å². The molecule has 6 heteroatoms. The third kappa shape index (κ3) is 3.59. The molecule has 110 valence electrons. The molecule has 0 saturated heterocycles. The molecule has 0 radical (unpaired) electrons. The van der Waals surface area contributed by atoms with Crippen LogP contribution in [0, 0.1) is 0 Å². The molecule has 0 aliphatic rings. The Kier molecular flexibility index (Phi) is 5.99. The van der Waals surface area contributed by atoms with E-state index in [1.54, 1.807) is 6.07 Å². The first-order valence-corrected chi connectivity index (χ1v) is 9.53. The molecule has 2 heterocycles. The van der Waals surface area contributed by atoms with E-state index in [1.807, 2.05) is 17.1 Å². The van der Waals surface area contributed by atoms with Gasteiger partial charge in [0.1, 0.15) is 4.70 Å². The Bertz CT molecular complexity index is 623. The highest BCUT2D eigenvalue weighted by atomic mass is 79.9. The number of halogens is 1. The van der Waals surface area contributed by atoms with E-state index in [0.717, 1.165) is 23.3 Å². The molecule has 0 unspecified atom stereocenters. The topological polar surface area (TPSA) is 33.5 Å². The average Bonchev–Trinajstić information content (AvgIpc) is 2.81. The summed E-state index contributed by atoms with van der Waals surface area (Å²) in [6.45, 7) is 6.00. The van der Waals surface area contributed by atoms with Gasteiger partial charge in [0.15, 0.2) is 11.5 Å². The largest absolute Gasteiger partial charge is 0.438 e. The van der Waals surface area contributed by atoms with Crippen molar-refractivity contribution < 1.29 is 4.42 Å². The van der Waals surface area contributed by atoms with Gasteiger partial charge in [0.25, 0.3) is 0 Å². The summed E-state index contributed by atoms with van der Waals surface area (Å²) in [5, 5.41) is 1.90. The first-order valence-electron chi connectivity index (χ1n) is 6.70. The van der Waals surface area contributed by atoms with E-state index in [2.05, 4.69) is 34.7 Å². The molecule has 0 aliphatic heterocycles. The van der Waals surface area contributed by atoms with Gasteiger partial charge in [-0.1, -0.05) is 6.92 Å². The summed E-state index contributed by atoms with van der Waals surface area (Å²) in [5.41, 5.74) is 0.703. The van der Waals surface area contributed by atoms with Crippen molar-refractivity contribution in [3.8, 4) is 0 Å². The maximum atomic E-state index is 12.1. The summed E-state index contributed by atoms with van der Waals surface area (Å²) >= 11 is 6.79. The third-order valence-electron chi connectivity index (χ3n) is 2.94. The van der Waals surface area contributed by atoms with Gasteiger partial charge in [-0.2, -0.15) is 11.8 Å². The molecule has 0 bridgehead atoms. The number of anilines is 1. The number of hydrogen-bond acceptors (Lipinski definition) is 5. The van der Waals surface area contributed by atoms with Gasteiger partial charge in [-0.25, -0.2) is 0 Å². The summed E-state index contributed by atoms with van der Waals surface area (Å²) in [6, 6.07) is 1.61. The second kappa shape index (κ2) is 7.52. The standard InChI is InChI=1S/C14H18BrNO2S2/c1-3-6-19-7-5-16(4-2)12-8-11(17)14-13(18-12)10(15)9-20-14/h8-9H,3-7H2,1-2H3. The normalized spacial score (nSPS) is 11.2. The Morgan fingerprint density at radius 2 is 2.20 bits per heavy atom. The molecule has 0 N–H and O–H groups in total. The Morgan fingerprint density at radius 3 is 2.90 bits per heavy atom. The van der Waals surface area contributed by atoms with Crippen LogP contribution in [0.25, 0.3) is 10.3 Å². The number of thiophene rings is 1. The van der Waals surface area contributed by atoms with Crippen LogP contribution >= 0.6 is 39.0 Å². The summed E-state index contributed by atoms with van der Waals surface area (Å²) in [4.78, 5) is 14.2. The second-order valence-electron chi connectivity index (χ2n) is 4.38. The van der Waals surface area contributed by atoms with E-state index in [1.165, 1.54) is 23.5 Å². The van der Waals surface area contributed by atoms with E-state index in [4.69, 9.17) is 4.42 Å². The van der Waals surface area contributed by atoms with Gasteiger partial charge >= 0.3 is 0 Å². The Hall–Kier alpha value is -0.460. The maximum absolute atomic E-state index is 12.1. The van der Waals surface area contributed by atoms with Crippen LogP contribution in [0.4, 0.5) is 5.88 Å². The van der Waals surface area contributed by atoms with Crippen LogP contribution in [0.1, 0.15) is 20.3 Å². The molecule has 3 nitrogen and oxygen atoms in total. The molecule has 0 spiro atoms. The molecule has 2 aromatic rings. The molecule has 0 saturated carbocycles. The lowest BCUT2D eigenvalue weighted by atomic mass is 10.4. The fourth-order valence-corrected chi connectivity index (χ4v) is 4.20. The highest BCUT2D eigenvalue weighted by molar-refractivity contribution is 9.10. The van der Waals surface area contributed by atoms with Gasteiger partial charge in [0, 0.05) is 30.3 Å². The van der Waals surface area contributed by atoms with Crippen molar-refractivity contribution >= 4 is 55.2 Å². The van der Waals surface area contributed by atoms with E-state index in [-0.39, 0.29) is 5.43 Å². The number of fused-ring (bicyclic) bond motifs is 1. The van der Waals surface area contributed by atoms with Gasteiger partial charge in [0.05, 0.1) is 4.47 Å². The predicted molar refractivity (Wildman–Crippen MR) is 93.6 cm³/mol. The molecule has 0 amide bonds. The fraction of sp³-hybridized carbons (Fsp3) is 0.500. The molecule has 0 aliphatic carbocycles. The number of hydrogen-bond donors (Lipinski definition) is 0. The SMILES string of the molecule is CCCSCCN(CC)c1cc(=O)c2scc(Br)c2o1. The average molecular weight is 376 g/mol. The zero-order valence-electron chi connectivity index (χ0n) is 11.6. The lowest BCUT2D eigenvalue weighted by molar-refractivity contribution is 0.578. The monoisotopic (exact) mass is 375 g/mol. The predicted octanol–water partition coefficient (Wildman–Crippen LogP) is 4.59. The molecule has 2 aromatic heterocycles.